The molecule has 0 bridgehead atoms. The van der Waals surface area contributed by atoms with E-state index in [1.54, 1.807) is 0 Å². The van der Waals surface area contributed by atoms with Gasteiger partial charge in [-0.25, -0.2) is 14.7 Å². The van der Waals surface area contributed by atoms with E-state index in [0.29, 0.717) is 12.0 Å². The van der Waals surface area contributed by atoms with Crippen LogP contribution in [0.5, 0.6) is 0 Å². The second-order valence-corrected chi connectivity index (χ2v) is 15.5. The van der Waals surface area contributed by atoms with Crippen molar-refractivity contribution in [3.8, 4) is 11.5 Å². The molecule has 302 valence electrons. The number of carbonyl (C=O) groups is 4. The summed E-state index contributed by atoms with van der Waals surface area (Å²) in [6.45, 7) is 6.12. The van der Waals surface area contributed by atoms with Crippen LogP contribution in [-0.2, 0) is 19.3 Å². The number of unbranched alkanes of at least 4 members (excludes halogenated alkanes) is 5. The molecule has 0 unspecified atom stereocenters. The molecule has 4 heterocycles. The number of carbonyl (C=O) groups excluding carboxylic acids is 4. The van der Waals surface area contributed by atoms with Crippen molar-refractivity contribution >= 4 is 51.1 Å². The van der Waals surface area contributed by atoms with Gasteiger partial charge in [-0.3, -0.25) is 33.4 Å². The Morgan fingerprint density at radius 3 is 1.81 bits per heavy atom. The van der Waals surface area contributed by atoms with Crippen molar-refractivity contribution in [3.63, 3.8) is 0 Å². The first-order chi connectivity index (χ1) is 28.2. The summed E-state index contributed by atoms with van der Waals surface area (Å²) in [7, 11) is 0. The maximum absolute atomic E-state index is 14.0. The molecule has 59 heavy (non-hydrogen) atoms. The Kier molecular flexibility index (Phi) is 10.0. The third kappa shape index (κ3) is 6.77. The van der Waals surface area contributed by atoms with Crippen LogP contribution in [0.15, 0.2) is 76.3 Å². The number of anilines is 1. The number of hydrogen-bond acceptors (Lipinski definition) is 8. The predicted octanol–water partition coefficient (Wildman–Crippen LogP) is 7.69. The summed E-state index contributed by atoms with van der Waals surface area (Å²) in [6.07, 6.45) is 1.28. The van der Waals surface area contributed by atoms with Crippen LogP contribution in [0.4, 0.5) is 18.9 Å². The molecule has 12 nitrogen and oxygen atoms in total. The minimum absolute atomic E-state index is 0.0197. The molecule has 4 amide bonds. The van der Waals surface area contributed by atoms with Crippen LogP contribution in [0.1, 0.15) is 112 Å². The van der Waals surface area contributed by atoms with Gasteiger partial charge in [0.25, 0.3) is 29.2 Å². The summed E-state index contributed by atoms with van der Waals surface area (Å²) in [5.74, 6) is -2.31. The maximum atomic E-state index is 14.0. The molecule has 0 fully saturated rings. The third-order valence-electron chi connectivity index (χ3n) is 11.0. The van der Waals surface area contributed by atoms with Crippen LogP contribution >= 0.6 is 0 Å². The van der Waals surface area contributed by atoms with E-state index in [-0.39, 0.29) is 86.8 Å². The number of hydrogen-bond donors (Lipinski definition) is 0. The summed E-state index contributed by atoms with van der Waals surface area (Å²) in [5.41, 5.74) is -1.32. The van der Waals surface area contributed by atoms with Gasteiger partial charge >= 0.3 is 11.9 Å². The predicted molar refractivity (Wildman–Crippen MR) is 214 cm³/mol. The average Bonchev–Trinajstić information content (AvgIpc) is 3.20. The molecule has 0 saturated heterocycles. The lowest BCUT2D eigenvalue weighted by molar-refractivity contribution is -0.137. The molecule has 0 N–H and O–H groups in total. The Morgan fingerprint density at radius 2 is 1.24 bits per heavy atom. The number of alkyl halides is 3. The molecule has 4 aromatic rings. The highest BCUT2D eigenvalue weighted by Gasteiger charge is 2.40. The van der Waals surface area contributed by atoms with Crippen molar-refractivity contribution in [1.82, 2.24) is 24.0 Å². The second kappa shape index (κ2) is 15.0. The van der Waals surface area contributed by atoms with Gasteiger partial charge in [0.15, 0.2) is 11.5 Å². The number of amides is 4. The van der Waals surface area contributed by atoms with E-state index in [2.05, 4.69) is 16.9 Å². The van der Waals surface area contributed by atoms with Gasteiger partial charge in [0.2, 0.25) is 0 Å². The zero-order valence-electron chi connectivity index (χ0n) is 32.6. The van der Waals surface area contributed by atoms with Crippen molar-refractivity contribution in [3.05, 3.63) is 121 Å². The first-order valence-corrected chi connectivity index (χ1v) is 19.7. The monoisotopic (exact) mass is 804 g/mol. The normalized spacial score (nSPS) is 14.2. The van der Waals surface area contributed by atoms with Crippen molar-refractivity contribution in [2.24, 2.45) is 5.92 Å². The fourth-order valence-corrected chi connectivity index (χ4v) is 8.09. The fourth-order valence-electron chi connectivity index (χ4n) is 8.09. The maximum Gasteiger partial charge on any atom is 0.416 e. The zero-order chi connectivity index (χ0) is 41.9. The highest BCUT2D eigenvalue weighted by atomic mass is 19.4. The number of aromatic nitrogens is 4. The molecular formula is C44H39F3N6O6. The van der Waals surface area contributed by atoms with Crippen molar-refractivity contribution < 1.29 is 32.3 Å². The molecule has 4 aliphatic heterocycles. The SMILES string of the molecule is CCCCCCCCN1C(=O)c2ccc3c4c(ccc(c24)C1=O)C(=O)N(c1ccc(Cn2c(=O)nc4n(CC(C)C)c5ccc(C(F)(F)F)cc5nc-4c2=O)cc1)C3=O. The van der Waals surface area contributed by atoms with Gasteiger partial charge in [-0.05, 0) is 72.5 Å². The quantitative estimate of drug-likeness (QED) is 0.0696. The lowest BCUT2D eigenvalue weighted by Gasteiger charge is -2.32. The summed E-state index contributed by atoms with van der Waals surface area (Å²) in [4.78, 5) is 93.2. The van der Waals surface area contributed by atoms with Gasteiger partial charge in [0.1, 0.15) is 0 Å². The Bertz CT molecular complexity index is 2760. The lowest BCUT2D eigenvalue weighted by atomic mass is 9.85. The third-order valence-corrected chi connectivity index (χ3v) is 11.0. The molecule has 0 aliphatic carbocycles. The molecule has 0 atom stereocenters. The van der Waals surface area contributed by atoms with Crippen LogP contribution in [0.25, 0.3) is 33.3 Å². The van der Waals surface area contributed by atoms with E-state index in [1.165, 1.54) is 64.1 Å². The van der Waals surface area contributed by atoms with Crippen LogP contribution in [0.3, 0.4) is 0 Å². The van der Waals surface area contributed by atoms with Gasteiger partial charge in [-0.2, -0.15) is 18.2 Å². The molecule has 0 spiro atoms. The molecule has 0 radical (unpaired) electrons. The molecule has 8 rings (SSSR count). The summed E-state index contributed by atoms with van der Waals surface area (Å²) >= 11 is 0. The van der Waals surface area contributed by atoms with Gasteiger partial charge in [-0.15, -0.1) is 0 Å². The number of rotatable bonds is 12. The molecule has 4 aromatic carbocycles. The van der Waals surface area contributed by atoms with Gasteiger partial charge in [0, 0.05) is 46.1 Å². The first kappa shape index (κ1) is 39.3. The summed E-state index contributed by atoms with van der Waals surface area (Å²) in [6, 6.07) is 15.1. The smallest absolute Gasteiger partial charge is 0.322 e. The molecular weight excluding hydrogens is 766 g/mol. The Labute approximate surface area is 335 Å². The number of imide groups is 2. The largest absolute Gasteiger partial charge is 0.416 e. The number of fused-ring (bicyclic) bond motifs is 2. The van der Waals surface area contributed by atoms with Gasteiger partial charge in [0.05, 0.1) is 28.8 Å². The van der Waals surface area contributed by atoms with Gasteiger partial charge in [-0.1, -0.05) is 65.0 Å². The number of halogens is 3. The standard InChI is InChI=1S/C44H39F3N6O6/c1-4-5-6-7-8-9-20-50-38(54)28-15-17-30-35-31(18-16-29(34(28)35)39(50)55)41(57)53(40(30)56)27-13-10-25(11-14-27)23-52-42(58)36-37(49-43(52)59)51(22-24(2)3)33-19-12-26(44(45,46)47)21-32(33)48-36/h10-19,21,24H,4-9,20,22-23H2,1-3H3. The highest BCUT2D eigenvalue weighted by molar-refractivity contribution is 6.39. The molecule has 0 saturated carbocycles. The summed E-state index contributed by atoms with van der Waals surface area (Å²) in [5, 5.41) is 0.535. The van der Waals surface area contributed by atoms with Crippen molar-refractivity contribution in [2.75, 3.05) is 11.4 Å². The lowest BCUT2D eigenvalue weighted by Crippen LogP contribution is -2.43. The zero-order valence-corrected chi connectivity index (χ0v) is 32.6. The minimum Gasteiger partial charge on any atom is -0.322 e. The van der Waals surface area contributed by atoms with E-state index in [4.69, 9.17) is 0 Å². The van der Waals surface area contributed by atoms with Gasteiger partial charge < -0.3 is 4.57 Å². The summed E-state index contributed by atoms with van der Waals surface area (Å²) < 4.78 is 43.2. The van der Waals surface area contributed by atoms with Crippen LogP contribution < -0.4 is 16.1 Å². The van der Waals surface area contributed by atoms with Crippen LogP contribution in [-0.4, -0.2) is 54.2 Å². The topological polar surface area (TPSA) is 145 Å². The second-order valence-electron chi connectivity index (χ2n) is 15.5. The Balaban J connectivity index is 1.08. The number of benzene rings is 4. The molecule has 4 aliphatic rings. The van der Waals surface area contributed by atoms with Crippen molar-refractivity contribution in [2.45, 2.75) is 78.6 Å². The Hall–Kier alpha value is -6.51. The first-order valence-electron chi connectivity index (χ1n) is 19.7. The average molecular weight is 805 g/mol. The van der Waals surface area contributed by atoms with E-state index >= 15 is 0 Å². The molecule has 15 heteroatoms. The highest BCUT2D eigenvalue weighted by Crippen LogP contribution is 2.39. The van der Waals surface area contributed by atoms with Crippen LogP contribution in [0, 0.1) is 5.92 Å². The van der Waals surface area contributed by atoms with E-state index in [0.717, 1.165) is 53.7 Å². The number of nitrogens with zero attached hydrogens (tertiary/aromatic N) is 6. The van der Waals surface area contributed by atoms with E-state index < -0.39 is 46.6 Å². The van der Waals surface area contributed by atoms with Crippen molar-refractivity contribution in [1.29, 1.82) is 0 Å². The Morgan fingerprint density at radius 1 is 0.661 bits per heavy atom. The van der Waals surface area contributed by atoms with E-state index in [9.17, 15) is 41.9 Å². The van der Waals surface area contributed by atoms with E-state index in [1.807, 2.05) is 13.8 Å². The van der Waals surface area contributed by atoms with Crippen LogP contribution in [0.2, 0.25) is 0 Å². The minimum atomic E-state index is -4.65. The fraction of sp³-hybridized carbons (Fsp3) is 0.318. The molecule has 0 aromatic heterocycles.